The second-order valence-corrected chi connectivity index (χ2v) is 4.98. The van der Waals surface area contributed by atoms with E-state index in [1.807, 2.05) is 18.2 Å². The Morgan fingerprint density at radius 2 is 2.00 bits per heavy atom. The Morgan fingerprint density at radius 1 is 1.25 bits per heavy atom. The molecule has 1 N–H and O–H groups in total. The second kappa shape index (κ2) is 4.89. The number of hydrogen-bond donors (Lipinski definition) is 1. The molecule has 0 amide bonds. The van der Waals surface area contributed by atoms with Crippen molar-refractivity contribution in [3.05, 3.63) is 53.7 Å². The molecule has 0 atom stereocenters. The highest BCUT2D eigenvalue weighted by Gasteiger charge is 2.45. The topological polar surface area (TPSA) is 61.6 Å². The zero-order valence-corrected chi connectivity index (χ0v) is 10.8. The minimum Gasteiger partial charge on any atom is -0.367 e. The standard InChI is InChI=1S/C15H13FN4/c16-12-4-2-1-3-11(12)15(5-6-15)10-20-14-13(9-17)18-7-8-19-14/h1-4,7-8H,5-6,10H2,(H,19,20). The molecule has 0 bridgehead atoms. The molecule has 5 heteroatoms. The molecule has 1 aromatic carbocycles. The predicted molar refractivity (Wildman–Crippen MR) is 72.5 cm³/mol. The van der Waals surface area contributed by atoms with E-state index >= 15 is 0 Å². The van der Waals surface area contributed by atoms with E-state index in [1.165, 1.54) is 18.5 Å². The molecular weight excluding hydrogens is 255 g/mol. The molecule has 0 unspecified atom stereocenters. The molecule has 1 heterocycles. The van der Waals surface area contributed by atoms with Crippen molar-refractivity contribution >= 4 is 5.82 Å². The van der Waals surface area contributed by atoms with Crippen LogP contribution in [-0.4, -0.2) is 16.5 Å². The van der Waals surface area contributed by atoms with Gasteiger partial charge in [0.05, 0.1) is 0 Å². The van der Waals surface area contributed by atoms with Crippen molar-refractivity contribution in [1.82, 2.24) is 9.97 Å². The zero-order chi connectivity index (χ0) is 14.0. The third-order valence-electron chi connectivity index (χ3n) is 3.70. The third kappa shape index (κ3) is 2.21. The molecule has 0 radical (unpaired) electrons. The molecule has 100 valence electrons. The van der Waals surface area contributed by atoms with Crippen LogP contribution in [0.15, 0.2) is 36.7 Å². The van der Waals surface area contributed by atoms with Gasteiger partial charge in [-0.2, -0.15) is 5.26 Å². The van der Waals surface area contributed by atoms with Crippen LogP contribution in [0, 0.1) is 17.1 Å². The largest absolute Gasteiger partial charge is 0.367 e. The van der Waals surface area contributed by atoms with Crippen LogP contribution in [0.1, 0.15) is 24.1 Å². The number of rotatable bonds is 4. The second-order valence-electron chi connectivity index (χ2n) is 4.98. The van der Waals surface area contributed by atoms with Crippen molar-refractivity contribution in [2.45, 2.75) is 18.3 Å². The molecule has 1 aliphatic rings. The van der Waals surface area contributed by atoms with Crippen LogP contribution in [0.5, 0.6) is 0 Å². The summed E-state index contributed by atoms with van der Waals surface area (Å²) in [4.78, 5) is 8.05. The summed E-state index contributed by atoms with van der Waals surface area (Å²) in [7, 11) is 0. The third-order valence-corrected chi connectivity index (χ3v) is 3.70. The molecule has 4 nitrogen and oxygen atoms in total. The fourth-order valence-electron chi connectivity index (χ4n) is 2.39. The minimum atomic E-state index is -0.185. The van der Waals surface area contributed by atoms with Gasteiger partial charge in [0.2, 0.25) is 0 Å². The van der Waals surface area contributed by atoms with Crippen LogP contribution in [-0.2, 0) is 5.41 Å². The Labute approximate surface area is 116 Å². The molecule has 1 fully saturated rings. The molecule has 0 saturated heterocycles. The van der Waals surface area contributed by atoms with Crippen molar-refractivity contribution in [2.24, 2.45) is 0 Å². The lowest BCUT2D eigenvalue weighted by Gasteiger charge is -2.17. The van der Waals surface area contributed by atoms with Gasteiger partial charge in [0.25, 0.3) is 0 Å². The number of nitriles is 1. The molecule has 20 heavy (non-hydrogen) atoms. The van der Waals surface area contributed by atoms with Crippen molar-refractivity contribution in [3.63, 3.8) is 0 Å². The highest BCUT2D eigenvalue weighted by molar-refractivity contribution is 5.48. The van der Waals surface area contributed by atoms with Crippen molar-refractivity contribution in [1.29, 1.82) is 5.26 Å². The number of benzene rings is 1. The van der Waals surface area contributed by atoms with Gasteiger partial charge in [-0.1, -0.05) is 18.2 Å². The van der Waals surface area contributed by atoms with Gasteiger partial charge in [-0.05, 0) is 24.5 Å². The predicted octanol–water partition coefficient (Wildman–Crippen LogP) is 2.63. The van der Waals surface area contributed by atoms with E-state index in [0.29, 0.717) is 12.4 Å². The minimum absolute atomic E-state index is 0.175. The van der Waals surface area contributed by atoms with Gasteiger partial charge in [0.1, 0.15) is 11.9 Å². The van der Waals surface area contributed by atoms with Gasteiger partial charge < -0.3 is 5.32 Å². The monoisotopic (exact) mass is 268 g/mol. The fraction of sp³-hybridized carbons (Fsp3) is 0.267. The average molecular weight is 268 g/mol. The number of aromatic nitrogens is 2. The van der Waals surface area contributed by atoms with Gasteiger partial charge in [-0.25, -0.2) is 14.4 Å². The van der Waals surface area contributed by atoms with E-state index in [1.54, 1.807) is 6.07 Å². The lowest BCUT2D eigenvalue weighted by molar-refractivity contribution is 0.578. The fourth-order valence-corrected chi connectivity index (χ4v) is 2.39. The van der Waals surface area contributed by atoms with Gasteiger partial charge in [0.15, 0.2) is 11.5 Å². The first-order valence-electron chi connectivity index (χ1n) is 6.45. The summed E-state index contributed by atoms with van der Waals surface area (Å²) in [6.07, 6.45) is 4.88. The number of hydrogen-bond acceptors (Lipinski definition) is 4. The lowest BCUT2D eigenvalue weighted by atomic mass is 9.95. The summed E-state index contributed by atoms with van der Waals surface area (Å²) in [5.41, 5.74) is 0.807. The summed E-state index contributed by atoms with van der Waals surface area (Å²) in [5.74, 6) is 0.282. The van der Waals surface area contributed by atoms with E-state index < -0.39 is 0 Å². The number of nitrogens with zero attached hydrogens (tertiary/aromatic N) is 3. The van der Waals surface area contributed by atoms with Gasteiger partial charge in [-0.15, -0.1) is 0 Å². The Balaban J connectivity index is 1.79. The van der Waals surface area contributed by atoms with Gasteiger partial charge >= 0.3 is 0 Å². The van der Waals surface area contributed by atoms with Crippen LogP contribution >= 0.6 is 0 Å². The quantitative estimate of drug-likeness (QED) is 0.926. The van der Waals surface area contributed by atoms with E-state index in [9.17, 15) is 4.39 Å². The summed E-state index contributed by atoms with van der Waals surface area (Å²) < 4.78 is 13.9. The maximum absolute atomic E-state index is 13.9. The van der Waals surface area contributed by atoms with Crippen molar-refractivity contribution in [3.8, 4) is 6.07 Å². The van der Waals surface area contributed by atoms with Crippen LogP contribution in [0.3, 0.4) is 0 Å². The van der Waals surface area contributed by atoms with Crippen LogP contribution in [0.4, 0.5) is 10.2 Å². The maximum atomic E-state index is 13.9. The van der Waals surface area contributed by atoms with Crippen molar-refractivity contribution in [2.75, 3.05) is 11.9 Å². The molecule has 2 aromatic rings. The van der Waals surface area contributed by atoms with Crippen molar-refractivity contribution < 1.29 is 4.39 Å². The van der Waals surface area contributed by atoms with Gasteiger partial charge in [0, 0.05) is 24.4 Å². The smallest absolute Gasteiger partial charge is 0.182 e. The number of halogens is 1. The first-order chi connectivity index (χ1) is 9.75. The first-order valence-corrected chi connectivity index (χ1v) is 6.45. The SMILES string of the molecule is N#Cc1nccnc1NCC1(c2ccccc2F)CC1. The Bertz CT molecular complexity index is 674. The molecule has 3 rings (SSSR count). The average Bonchev–Trinajstić information content (AvgIpc) is 3.27. The van der Waals surface area contributed by atoms with E-state index in [0.717, 1.165) is 18.4 Å². The first kappa shape index (κ1) is 12.5. The summed E-state index contributed by atoms with van der Waals surface area (Å²) >= 11 is 0. The Hall–Kier alpha value is -2.48. The Kier molecular flexibility index (Phi) is 3.07. The molecular formula is C15H13FN4. The van der Waals surface area contributed by atoms with E-state index in [-0.39, 0.29) is 16.9 Å². The summed E-state index contributed by atoms with van der Waals surface area (Å²) in [6, 6.07) is 8.85. The molecule has 1 aliphatic carbocycles. The van der Waals surface area contributed by atoms with Crippen LogP contribution < -0.4 is 5.32 Å². The normalized spacial score (nSPS) is 15.4. The summed E-state index contributed by atoms with van der Waals surface area (Å²) in [5, 5.41) is 12.1. The molecule has 0 spiro atoms. The van der Waals surface area contributed by atoms with E-state index in [2.05, 4.69) is 15.3 Å². The summed E-state index contributed by atoms with van der Waals surface area (Å²) in [6.45, 7) is 0.557. The molecule has 0 aliphatic heterocycles. The Morgan fingerprint density at radius 3 is 2.70 bits per heavy atom. The lowest BCUT2D eigenvalue weighted by Crippen LogP contribution is -2.22. The highest BCUT2D eigenvalue weighted by Crippen LogP contribution is 2.48. The van der Waals surface area contributed by atoms with E-state index in [4.69, 9.17) is 5.26 Å². The highest BCUT2D eigenvalue weighted by atomic mass is 19.1. The van der Waals surface area contributed by atoms with Crippen LogP contribution in [0.2, 0.25) is 0 Å². The molecule has 1 aromatic heterocycles. The zero-order valence-electron chi connectivity index (χ0n) is 10.8. The van der Waals surface area contributed by atoms with Gasteiger partial charge in [-0.3, -0.25) is 0 Å². The molecule has 1 saturated carbocycles. The van der Waals surface area contributed by atoms with Crippen LogP contribution in [0.25, 0.3) is 0 Å². The maximum Gasteiger partial charge on any atom is 0.182 e. The number of anilines is 1. The number of nitrogens with one attached hydrogen (secondary N) is 1.